The van der Waals surface area contributed by atoms with E-state index >= 15 is 0 Å². The van der Waals surface area contributed by atoms with E-state index in [4.69, 9.17) is 4.74 Å². The smallest absolute Gasteiger partial charge is 0.337 e. The molecule has 0 saturated carbocycles. The summed E-state index contributed by atoms with van der Waals surface area (Å²) >= 11 is 0. The Balaban J connectivity index is 1.72. The van der Waals surface area contributed by atoms with E-state index in [1.54, 1.807) is 61.5 Å². The zero-order valence-electron chi connectivity index (χ0n) is 21.7. The number of piperazine rings is 1. The van der Waals surface area contributed by atoms with E-state index < -0.39 is 29.1 Å². The van der Waals surface area contributed by atoms with E-state index in [9.17, 15) is 19.2 Å². The molecule has 4 rings (SSSR count). The number of ether oxygens (including phenoxy) is 1. The lowest BCUT2D eigenvalue weighted by Gasteiger charge is -2.34. The summed E-state index contributed by atoms with van der Waals surface area (Å²) in [5, 5.41) is 8.94. The van der Waals surface area contributed by atoms with Gasteiger partial charge in [-0.1, -0.05) is 36.4 Å². The van der Waals surface area contributed by atoms with Gasteiger partial charge in [-0.25, -0.2) is 4.79 Å². The molecule has 10 nitrogen and oxygen atoms in total. The van der Waals surface area contributed by atoms with E-state index in [1.807, 2.05) is 6.07 Å². The third-order valence-corrected chi connectivity index (χ3v) is 6.69. The highest BCUT2D eigenvalue weighted by atomic mass is 16.5. The fraction of sp³-hybridized carbons (Fsp3) is 0.357. The number of para-hydroxylation sites is 2. The summed E-state index contributed by atoms with van der Waals surface area (Å²) in [6.45, 7) is 7.38. The van der Waals surface area contributed by atoms with Gasteiger partial charge in [0, 0.05) is 50.6 Å². The zero-order chi connectivity index (χ0) is 27.1. The lowest BCUT2D eigenvalue weighted by atomic mass is 9.88. The number of ketones is 1. The number of carbonyl (C=O) groups is 4. The number of nitrogens with zero attached hydrogens (tertiary/aromatic N) is 2. The van der Waals surface area contributed by atoms with Gasteiger partial charge in [0.15, 0.2) is 5.54 Å². The predicted octanol–water partition coefficient (Wildman–Crippen LogP) is 1.31. The van der Waals surface area contributed by atoms with Crippen molar-refractivity contribution in [2.24, 2.45) is 0 Å². The molecule has 0 aliphatic carbocycles. The molecule has 2 amide bonds. The van der Waals surface area contributed by atoms with Gasteiger partial charge >= 0.3 is 5.97 Å². The molecule has 0 unspecified atom stereocenters. The first kappa shape index (κ1) is 27.0. The van der Waals surface area contributed by atoms with Crippen molar-refractivity contribution in [2.45, 2.75) is 19.4 Å². The summed E-state index contributed by atoms with van der Waals surface area (Å²) in [7, 11) is 0. The fourth-order valence-electron chi connectivity index (χ4n) is 4.77. The Morgan fingerprint density at radius 2 is 1.63 bits per heavy atom. The van der Waals surface area contributed by atoms with Gasteiger partial charge in [0.05, 0.1) is 12.2 Å². The maximum Gasteiger partial charge on any atom is 0.337 e. The Hall–Kier alpha value is -4.02. The Morgan fingerprint density at radius 3 is 2.26 bits per heavy atom. The summed E-state index contributed by atoms with van der Waals surface area (Å²) in [4.78, 5) is 57.7. The van der Waals surface area contributed by atoms with Gasteiger partial charge in [0.25, 0.3) is 17.6 Å². The van der Waals surface area contributed by atoms with Gasteiger partial charge in [-0.15, -0.1) is 0 Å². The first-order chi connectivity index (χ1) is 18.4. The van der Waals surface area contributed by atoms with Crippen molar-refractivity contribution in [3.05, 3.63) is 71.9 Å². The molecule has 1 fully saturated rings. The maximum absolute atomic E-state index is 13.9. The molecule has 0 aromatic heterocycles. The van der Waals surface area contributed by atoms with Crippen molar-refractivity contribution in [3.8, 4) is 0 Å². The molecule has 1 atom stereocenters. The number of carbonyl (C=O) groups excluding carboxylic acids is 4. The number of nitrogens with one attached hydrogen (secondary N) is 3. The lowest BCUT2D eigenvalue weighted by molar-refractivity contribution is -0.149. The molecule has 0 radical (unpaired) electrons. The molecule has 0 bridgehead atoms. The summed E-state index contributed by atoms with van der Waals surface area (Å²) < 4.78 is 5.36. The second kappa shape index (κ2) is 12.0. The number of esters is 1. The van der Waals surface area contributed by atoms with Crippen molar-refractivity contribution in [1.29, 1.82) is 0 Å². The van der Waals surface area contributed by atoms with Crippen LogP contribution in [0.3, 0.4) is 0 Å². The number of anilines is 2. The van der Waals surface area contributed by atoms with Crippen molar-refractivity contribution in [2.75, 3.05) is 56.1 Å². The average Bonchev–Trinajstić information content (AvgIpc) is 3.16. The van der Waals surface area contributed by atoms with Crippen molar-refractivity contribution in [1.82, 2.24) is 15.5 Å². The van der Waals surface area contributed by atoms with Crippen LogP contribution in [0.2, 0.25) is 0 Å². The molecule has 2 heterocycles. The zero-order valence-corrected chi connectivity index (χ0v) is 21.7. The molecule has 200 valence electrons. The van der Waals surface area contributed by atoms with E-state index in [0.29, 0.717) is 17.9 Å². The molecule has 2 aliphatic rings. The molecule has 10 heteroatoms. The minimum Gasteiger partial charge on any atom is -0.464 e. The standard InChI is InChI=1S/C28H33N5O5/c1-3-38-27(37)28(2)22(24(34)25(35)30-16-19-32-17-14-29-15-18-32)23(31-20-10-6-4-7-11-20)26(36)33(28)21-12-8-5-9-13-21/h4-13,29,31H,3,14-19H2,1-2H3,(H,30,35)/t28-/m1/s1. The van der Waals surface area contributed by atoms with E-state index in [2.05, 4.69) is 20.9 Å². The highest BCUT2D eigenvalue weighted by Gasteiger charge is 2.58. The SMILES string of the molecule is CCOC(=O)[C@@]1(C)C(C(=O)C(=O)NCCN2CCNCC2)=C(Nc2ccccc2)C(=O)N1c1ccccc1. The highest BCUT2D eigenvalue weighted by molar-refractivity contribution is 6.47. The molecule has 2 aromatic rings. The van der Waals surface area contributed by atoms with Crippen molar-refractivity contribution in [3.63, 3.8) is 0 Å². The van der Waals surface area contributed by atoms with Crippen LogP contribution in [0.1, 0.15) is 13.8 Å². The number of benzene rings is 2. The highest BCUT2D eigenvalue weighted by Crippen LogP contribution is 2.41. The van der Waals surface area contributed by atoms with Crippen LogP contribution in [-0.4, -0.2) is 79.9 Å². The number of hydrogen-bond acceptors (Lipinski definition) is 8. The first-order valence-electron chi connectivity index (χ1n) is 12.8. The fourth-order valence-corrected chi connectivity index (χ4v) is 4.77. The second-order valence-corrected chi connectivity index (χ2v) is 9.19. The van der Waals surface area contributed by atoms with Gasteiger partial charge in [-0.05, 0) is 38.1 Å². The third kappa shape index (κ3) is 5.46. The van der Waals surface area contributed by atoms with E-state index in [-0.39, 0.29) is 24.4 Å². The molecule has 2 aromatic carbocycles. The number of amides is 2. The van der Waals surface area contributed by atoms with Gasteiger partial charge in [-0.3, -0.25) is 24.2 Å². The quantitative estimate of drug-likeness (QED) is 0.318. The maximum atomic E-state index is 13.9. The molecule has 38 heavy (non-hydrogen) atoms. The van der Waals surface area contributed by atoms with Crippen LogP contribution in [0.4, 0.5) is 11.4 Å². The Labute approximate surface area is 222 Å². The van der Waals surface area contributed by atoms with Gasteiger partial charge < -0.3 is 20.7 Å². The van der Waals surface area contributed by atoms with E-state index in [1.165, 1.54) is 11.8 Å². The Bertz CT molecular complexity index is 1210. The van der Waals surface area contributed by atoms with Gasteiger partial charge in [0.2, 0.25) is 0 Å². The molecule has 3 N–H and O–H groups in total. The monoisotopic (exact) mass is 519 g/mol. The summed E-state index contributed by atoms with van der Waals surface area (Å²) in [6.07, 6.45) is 0. The normalized spacial score (nSPS) is 19.8. The Morgan fingerprint density at radius 1 is 1.00 bits per heavy atom. The molecule has 0 spiro atoms. The molecule has 2 aliphatic heterocycles. The third-order valence-electron chi connectivity index (χ3n) is 6.69. The minimum absolute atomic E-state index is 0.0328. The lowest BCUT2D eigenvalue weighted by Crippen LogP contribution is -2.55. The van der Waals surface area contributed by atoms with E-state index in [0.717, 1.165) is 26.2 Å². The van der Waals surface area contributed by atoms with Crippen LogP contribution in [0.5, 0.6) is 0 Å². The molecular weight excluding hydrogens is 486 g/mol. The van der Waals surface area contributed by atoms with Gasteiger partial charge in [0.1, 0.15) is 5.70 Å². The van der Waals surface area contributed by atoms with Gasteiger partial charge in [-0.2, -0.15) is 0 Å². The summed E-state index contributed by atoms with van der Waals surface area (Å²) in [5.74, 6) is -3.28. The Kier molecular flexibility index (Phi) is 8.55. The summed E-state index contributed by atoms with van der Waals surface area (Å²) in [6, 6.07) is 17.4. The topological polar surface area (TPSA) is 120 Å². The molecular formula is C28H33N5O5. The number of Topliss-reactive ketones (excluding diaryl/α,β-unsaturated/α-hetero) is 1. The van der Waals surface area contributed by atoms with Crippen LogP contribution >= 0.6 is 0 Å². The van der Waals surface area contributed by atoms with Crippen LogP contribution in [-0.2, 0) is 23.9 Å². The first-order valence-corrected chi connectivity index (χ1v) is 12.8. The van der Waals surface area contributed by atoms with Crippen LogP contribution < -0.4 is 20.9 Å². The van der Waals surface area contributed by atoms with Crippen molar-refractivity contribution < 1.29 is 23.9 Å². The molecule has 1 saturated heterocycles. The average molecular weight is 520 g/mol. The minimum atomic E-state index is -1.88. The van der Waals surface area contributed by atoms with Crippen molar-refractivity contribution >= 4 is 34.9 Å². The van der Waals surface area contributed by atoms with Crippen LogP contribution in [0, 0.1) is 0 Å². The number of hydrogen-bond donors (Lipinski definition) is 3. The van der Waals surface area contributed by atoms with Crippen LogP contribution in [0.15, 0.2) is 71.9 Å². The predicted molar refractivity (Wildman–Crippen MR) is 143 cm³/mol. The largest absolute Gasteiger partial charge is 0.464 e. The van der Waals surface area contributed by atoms with Crippen LogP contribution in [0.25, 0.3) is 0 Å². The second-order valence-electron chi connectivity index (χ2n) is 9.19. The number of rotatable bonds is 10. The summed E-state index contributed by atoms with van der Waals surface area (Å²) in [5.41, 5.74) is -1.35.